The van der Waals surface area contributed by atoms with Crippen LogP contribution in [0.3, 0.4) is 0 Å². The Labute approximate surface area is 104 Å². The summed E-state index contributed by atoms with van der Waals surface area (Å²) in [6.07, 6.45) is 0. The number of hydrogen-bond acceptors (Lipinski definition) is 3. The molecule has 4 heteroatoms. The predicted octanol–water partition coefficient (Wildman–Crippen LogP) is 2.01. The SMILES string of the molecule is Cc1ccc(S(=O)(=O)CCNCC(C)C)cc1. The van der Waals surface area contributed by atoms with Crippen LogP contribution in [0.15, 0.2) is 29.2 Å². The number of nitrogens with one attached hydrogen (secondary N) is 1. The highest BCUT2D eigenvalue weighted by molar-refractivity contribution is 7.91. The maximum absolute atomic E-state index is 11.9. The first-order chi connectivity index (χ1) is 7.92. The largest absolute Gasteiger partial charge is 0.315 e. The highest BCUT2D eigenvalue weighted by Crippen LogP contribution is 2.11. The van der Waals surface area contributed by atoms with Crippen LogP contribution in [0.4, 0.5) is 0 Å². The molecule has 0 aliphatic rings. The van der Waals surface area contributed by atoms with E-state index >= 15 is 0 Å². The first-order valence-corrected chi connectivity index (χ1v) is 7.57. The third-order valence-corrected chi connectivity index (χ3v) is 4.21. The van der Waals surface area contributed by atoms with Crippen molar-refractivity contribution in [2.45, 2.75) is 25.7 Å². The second kappa shape index (κ2) is 6.17. The Hall–Kier alpha value is -0.870. The maximum Gasteiger partial charge on any atom is 0.179 e. The van der Waals surface area contributed by atoms with Gasteiger partial charge < -0.3 is 5.32 Å². The van der Waals surface area contributed by atoms with Crippen LogP contribution < -0.4 is 5.32 Å². The van der Waals surface area contributed by atoms with Gasteiger partial charge in [-0.3, -0.25) is 0 Å². The zero-order valence-electron chi connectivity index (χ0n) is 10.7. The molecule has 0 fully saturated rings. The molecule has 0 spiro atoms. The van der Waals surface area contributed by atoms with Gasteiger partial charge in [0.05, 0.1) is 10.6 Å². The van der Waals surface area contributed by atoms with Crippen molar-refractivity contribution in [2.75, 3.05) is 18.8 Å². The van der Waals surface area contributed by atoms with Crippen molar-refractivity contribution in [1.29, 1.82) is 0 Å². The van der Waals surface area contributed by atoms with Crippen molar-refractivity contribution >= 4 is 9.84 Å². The van der Waals surface area contributed by atoms with E-state index < -0.39 is 9.84 Å². The van der Waals surface area contributed by atoms with Gasteiger partial charge in [-0.2, -0.15) is 0 Å². The average Bonchev–Trinajstić information content (AvgIpc) is 2.25. The van der Waals surface area contributed by atoms with Crippen molar-refractivity contribution < 1.29 is 8.42 Å². The number of hydrogen-bond donors (Lipinski definition) is 1. The van der Waals surface area contributed by atoms with E-state index in [1.54, 1.807) is 12.1 Å². The lowest BCUT2D eigenvalue weighted by atomic mass is 10.2. The molecule has 0 atom stereocenters. The lowest BCUT2D eigenvalue weighted by molar-refractivity contribution is 0.557. The summed E-state index contributed by atoms with van der Waals surface area (Å²) < 4.78 is 23.9. The minimum absolute atomic E-state index is 0.156. The van der Waals surface area contributed by atoms with Gasteiger partial charge >= 0.3 is 0 Å². The van der Waals surface area contributed by atoms with Crippen LogP contribution in [-0.4, -0.2) is 27.3 Å². The van der Waals surface area contributed by atoms with Crippen LogP contribution in [-0.2, 0) is 9.84 Å². The van der Waals surface area contributed by atoms with Crippen LogP contribution in [0.5, 0.6) is 0 Å². The molecule has 1 aromatic rings. The molecule has 0 saturated heterocycles. The topological polar surface area (TPSA) is 46.2 Å². The van der Waals surface area contributed by atoms with Crippen molar-refractivity contribution in [2.24, 2.45) is 5.92 Å². The molecular formula is C13H21NO2S. The Morgan fingerprint density at radius 3 is 2.29 bits per heavy atom. The Morgan fingerprint density at radius 1 is 1.18 bits per heavy atom. The molecule has 0 heterocycles. The normalized spacial score (nSPS) is 12.0. The van der Waals surface area contributed by atoms with Gasteiger partial charge in [0, 0.05) is 6.54 Å². The molecule has 0 aromatic heterocycles. The summed E-state index contributed by atoms with van der Waals surface area (Å²) in [6, 6.07) is 7.00. The number of rotatable bonds is 6. The fourth-order valence-electron chi connectivity index (χ4n) is 1.46. The van der Waals surface area contributed by atoms with Crippen molar-refractivity contribution in [3.05, 3.63) is 29.8 Å². The summed E-state index contributed by atoms with van der Waals surface area (Å²) >= 11 is 0. The molecular weight excluding hydrogens is 234 g/mol. The summed E-state index contributed by atoms with van der Waals surface area (Å²) in [5.74, 6) is 0.694. The first-order valence-electron chi connectivity index (χ1n) is 5.92. The summed E-state index contributed by atoms with van der Waals surface area (Å²) in [6.45, 7) is 7.50. The number of sulfone groups is 1. The van der Waals surface area contributed by atoms with E-state index in [2.05, 4.69) is 19.2 Å². The lowest BCUT2D eigenvalue weighted by Gasteiger charge is -2.08. The van der Waals surface area contributed by atoms with E-state index in [4.69, 9.17) is 0 Å². The van der Waals surface area contributed by atoms with Crippen LogP contribution in [0.2, 0.25) is 0 Å². The van der Waals surface area contributed by atoms with E-state index in [-0.39, 0.29) is 5.75 Å². The smallest absolute Gasteiger partial charge is 0.179 e. The molecule has 0 radical (unpaired) electrons. The number of benzene rings is 1. The summed E-state index contributed by atoms with van der Waals surface area (Å²) in [5, 5.41) is 3.14. The third-order valence-electron chi connectivity index (χ3n) is 2.48. The molecule has 1 aromatic carbocycles. The highest BCUT2D eigenvalue weighted by atomic mass is 32.2. The summed E-state index contributed by atoms with van der Waals surface area (Å²) in [4.78, 5) is 0.412. The van der Waals surface area contributed by atoms with Crippen LogP contribution in [0.1, 0.15) is 19.4 Å². The summed E-state index contributed by atoms with van der Waals surface area (Å²) in [7, 11) is -3.14. The fourth-order valence-corrected chi connectivity index (χ4v) is 2.66. The van der Waals surface area contributed by atoms with Crippen LogP contribution in [0, 0.1) is 12.8 Å². The molecule has 1 rings (SSSR count). The van der Waals surface area contributed by atoms with Gasteiger partial charge in [0.15, 0.2) is 9.84 Å². The van der Waals surface area contributed by atoms with E-state index in [0.29, 0.717) is 17.4 Å². The van der Waals surface area contributed by atoms with Crippen molar-refractivity contribution in [3.8, 4) is 0 Å². The first kappa shape index (κ1) is 14.2. The van der Waals surface area contributed by atoms with Gasteiger partial charge in [0.2, 0.25) is 0 Å². The van der Waals surface area contributed by atoms with Gasteiger partial charge in [-0.1, -0.05) is 31.5 Å². The van der Waals surface area contributed by atoms with Crippen molar-refractivity contribution in [3.63, 3.8) is 0 Å². The van der Waals surface area contributed by atoms with E-state index in [0.717, 1.165) is 12.1 Å². The van der Waals surface area contributed by atoms with Gasteiger partial charge in [-0.15, -0.1) is 0 Å². The molecule has 0 bridgehead atoms. The Bertz CT molecular complexity index is 435. The third kappa shape index (κ3) is 4.88. The molecule has 0 aliphatic carbocycles. The fraction of sp³-hybridized carbons (Fsp3) is 0.538. The van der Waals surface area contributed by atoms with Crippen LogP contribution in [0.25, 0.3) is 0 Å². The Morgan fingerprint density at radius 2 is 1.76 bits per heavy atom. The maximum atomic E-state index is 11.9. The second-order valence-electron chi connectivity index (χ2n) is 4.73. The Balaban J connectivity index is 2.54. The molecule has 3 nitrogen and oxygen atoms in total. The zero-order valence-corrected chi connectivity index (χ0v) is 11.5. The highest BCUT2D eigenvalue weighted by Gasteiger charge is 2.13. The monoisotopic (exact) mass is 255 g/mol. The van der Waals surface area contributed by atoms with Gasteiger partial charge in [-0.25, -0.2) is 8.42 Å². The van der Waals surface area contributed by atoms with Gasteiger partial charge in [-0.05, 0) is 31.5 Å². The van der Waals surface area contributed by atoms with Gasteiger partial charge in [0.1, 0.15) is 0 Å². The molecule has 17 heavy (non-hydrogen) atoms. The molecule has 0 aliphatic heterocycles. The zero-order chi connectivity index (χ0) is 12.9. The Kier molecular flexibility index (Phi) is 5.15. The predicted molar refractivity (Wildman–Crippen MR) is 70.9 cm³/mol. The molecule has 1 N–H and O–H groups in total. The minimum atomic E-state index is -3.14. The molecule has 0 saturated carbocycles. The van der Waals surface area contributed by atoms with Gasteiger partial charge in [0.25, 0.3) is 0 Å². The summed E-state index contributed by atoms with van der Waals surface area (Å²) in [5.41, 5.74) is 1.07. The molecule has 0 unspecified atom stereocenters. The van der Waals surface area contributed by atoms with E-state index in [1.165, 1.54) is 0 Å². The standard InChI is InChI=1S/C13H21NO2S/c1-11(2)10-14-8-9-17(15,16)13-6-4-12(3)5-7-13/h4-7,11,14H,8-10H2,1-3H3. The molecule has 96 valence electrons. The van der Waals surface area contributed by atoms with Crippen LogP contribution >= 0.6 is 0 Å². The minimum Gasteiger partial charge on any atom is -0.315 e. The number of aryl methyl sites for hydroxylation is 1. The van der Waals surface area contributed by atoms with E-state index in [1.807, 2.05) is 19.1 Å². The molecule has 0 amide bonds. The lowest BCUT2D eigenvalue weighted by Crippen LogP contribution is -2.26. The second-order valence-corrected chi connectivity index (χ2v) is 6.84. The average molecular weight is 255 g/mol. The van der Waals surface area contributed by atoms with E-state index in [9.17, 15) is 8.42 Å². The van der Waals surface area contributed by atoms with Crippen molar-refractivity contribution in [1.82, 2.24) is 5.32 Å². The quantitative estimate of drug-likeness (QED) is 0.791.